The van der Waals surface area contributed by atoms with Gasteiger partial charge in [0, 0.05) is 16.0 Å². The van der Waals surface area contributed by atoms with Crippen molar-refractivity contribution in [2.24, 2.45) is 5.73 Å². The molecule has 0 bridgehead atoms. The molecule has 1 aliphatic carbocycles. The van der Waals surface area contributed by atoms with Crippen molar-refractivity contribution < 1.29 is 13.5 Å². The number of rotatable bonds is 4. The van der Waals surface area contributed by atoms with Crippen molar-refractivity contribution in [3.63, 3.8) is 0 Å². The molecule has 2 aromatic carbocycles. The van der Waals surface area contributed by atoms with Gasteiger partial charge in [-0.05, 0) is 42.0 Å². The van der Waals surface area contributed by atoms with Gasteiger partial charge in [-0.2, -0.15) is 0 Å². The summed E-state index contributed by atoms with van der Waals surface area (Å²) in [6.07, 6.45) is 0. The van der Waals surface area contributed by atoms with E-state index in [1.807, 2.05) is 0 Å². The van der Waals surface area contributed by atoms with Crippen molar-refractivity contribution in [2.75, 3.05) is 6.61 Å². The molecule has 1 saturated carbocycles. The van der Waals surface area contributed by atoms with E-state index in [0.29, 0.717) is 15.6 Å². The third kappa shape index (κ3) is 2.77. The second-order valence-corrected chi connectivity index (χ2v) is 8.66. The van der Waals surface area contributed by atoms with E-state index in [1.54, 1.807) is 24.3 Å². The number of nitrogens with two attached hydrogens (primary N) is 1. The summed E-state index contributed by atoms with van der Waals surface area (Å²) < 4.78 is 25.8. The first-order chi connectivity index (χ1) is 10.8. The minimum atomic E-state index is -3.70. The Hall–Kier alpha value is -1.11. The van der Waals surface area contributed by atoms with E-state index < -0.39 is 33.2 Å². The first-order valence-electron chi connectivity index (χ1n) is 6.95. The molecule has 3 atom stereocenters. The lowest BCUT2D eigenvalue weighted by atomic mass is 10.1. The molecule has 1 aliphatic rings. The Morgan fingerprint density at radius 3 is 2.30 bits per heavy atom. The van der Waals surface area contributed by atoms with Crippen LogP contribution < -0.4 is 5.73 Å². The molecule has 3 rings (SSSR count). The van der Waals surface area contributed by atoms with Crippen molar-refractivity contribution in [1.82, 2.24) is 0 Å². The van der Waals surface area contributed by atoms with Gasteiger partial charge < -0.3 is 10.8 Å². The van der Waals surface area contributed by atoms with Gasteiger partial charge in [-0.25, -0.2) is 8.42 Å². The third-order valence-electron chi connectivity index (χ3n) is 4.26. The van der Waals surface area contributed by atoms with Crippen molar-refractivity contribution in [2.45, 2.75) is 21.6 Å². The average Bonchev–Trinajstić information content (AvgIpc) is 3.15. The lowest BCUT2D eigenvalue weighted by Gasteiger charge is -2.08. The fourth-order valence-corrected chi connectivity index (χ4v) is 5.66. The zero-order valence-corrected chi connectivity index (χ0v) is 14.3. The van der Waals surface area contributed by atoms with Crippen molar-refractivity contribution >= 4 is 33.0 Å². The van der Waals surface area contributed by atoms with E-state index in [2.05, 4.69) is 0 Å². The number of aliphatic hydroxyl groups is 1. The van der Waals surface area contributed by atoms with E-state index in [9.17, 15) is 13.5 Å². The van der Waals surface area contributed by atoms with Crippen LogP contribution in [0.2, 0.25) is 10.0 Å². The van der Waals surface area contributed by atoms with Crippen LogP contribution in [0.15, 0.2) is 53.4 Å². The van der Waals surface area contributed by atoms with Crippen LogP contribution in [-0.4, -0.2) is 30.9 Å². The molecule has 4 nitrogen and oxygen atoms in total. The molecule has 0 unspecified atom stereocenters. The number of sulfone groups is 1. The van der Waals surface area contributed by atoms with Gasteiger partial charge in [0.15, 0.2) is 9.84 Å². The lowest BCUT2D eigenvalue weighted by Crippen LogP contribution is -2.35. The Bertz CT molecular complexity index is 839. The van der Waals surface area contributed by atoms with Crippen molar-refractivity contribution in [1.29, 1.82) is 0 Å². The SMILES string of the molecule is N[C@]1(CO)[C@H](c2cccc(Cl)c2)[C@H]1S(=O)(=O)c1ccc(Cl)cc1. The predicted octanol–water partition coefficient (Wildman–Crippen LogP) is 2.62. The largest absolute Gasteiger partial charge is 0.394 e. The summed E-state index contributed by atoms with van der Waals surface area (Å²) in [4.78, 5) is 0.139. The topological polar surface area (TPSA) is 80.4 Å². The smallest absolute Gasteiger partial charge is 0.183 e. The monoisotopic (exact) mass is 371 g/mol. The maximum Gasteiger partial charge on any atom is 0.183 e. The van der Waals surface area contributed by atoms with Crippen LogP contribution in [0, 0.1) is 0 Å². The van der Waals surface area contributed by atoms with Gasteiger partial charge in [-0.15, -0.1) is 0 Å². The third-order valence-corrected chi connectivity index (χ3v) is 7.06. The highest BCUT2D eigenvalue weighted by atomic mass is 35.5. The molecule has 0 aromatic heterocycles. The van der Waals surface area contributed by atoms with Gasteiger partial charge in [-0.1, -0.05) is 35.3 Å². The van der Waals surface area contributed by atoms with Crippen LogP contribution in [-0.2, 0) is 9.84 Å². The number of aliphatic hydroxyl groups excluding tert-OH is 1. The van der Waals surface area contributed by atoms with Gasteiger partial charge >= 0.3 is 0 Å². The quantitative estimate of drug-likeness (QED) is 0.865. The summed E-state index contributed by atoms with van der Waals surface area (Å²) in [5.41, 5.74) is 5.66. The molecule has 0 saturated heterocycles. The summed E-state index contributed by atoms with van der Waals surface area (Å²) in [6.45, 7) is -0.429. The van der Waals surface area contributed by atoms with Crippen LogP contribution >= 0.6 is 23.2 Å². The van der Waals surface area contributed by atoms with E-state index in [-0.39, 0.29) is 4.90 Å². The minimum Gasteiger partial charge on any atom is -0.394 e. The van der Waals surface area contributed by atoms with E-state index in [4.69, 9.17) is 28.9 Å². The molecule has 122 valence electrons. The van der Waals surface area contributed by atoms with Crippen LogP contribution in [0.3, 0.4) is 0 Å². The number of hydrogen-bond donors (Lipinski definition) is 2. The molecule has 0 radical (unpaired) electrons. The summed E-state index contributed by atoms with van der Waals surface area (Å²) >= 11 is 11.8. The summed E-state index contributed by atoms with van der Waals surface area (Å²) in [7, 11) is -3.70. The fourth-order valence-electron chi connectivity index (χ4n) is 3.04. The summed E-state index contributed by atoms with van der Waals surface area (Å²) in [5.74, 6) is -0.508. The lowest BCUT2D eigenvalue weighted by molar-refractivity contribution is 0.253. The number of hydrogen-bond acceptors (Lipinski definition) is 4. The Labute approximate surface area is 144 Å². The molecule has 0 aliphatic heterocycles. The van der Waals surface area contributed by atoms with Crippen LogP contribution in [0.4, 0.5) is 0 Å². The van der Waals surface area contributed by atoms with Crippen molar-refractivity contribution in [3.05, 3.63) is 64.1 Å². The Morgan fingerprint density at radius 1 is 1.09 bits per heavy atom. The second-order valence-electron chi connectivity index (χ2n) is 5.72. The van der Waals surface area contributed by atoms with Crippen LogP contribution in [0.5, 0.6) is 0 Å². The maximum absolute atomic E-state index is 12.9. The van der Waals surface area contributed by atoms with Crippen LogP contribution in [0.1, 0.15) is 11.5 Å². The van der Waals surface area contributed by atoms with E-state index in [0.717, 1.165) is 0 Å². The fraction of sp³-hybridized carbons (Fsp3) is 0.250. The van der Waals surface area contributed by atoms with Gasteiger partial charge in [-0.3, -0.25) is 0 Å². The van der Waals surface area contributed by atoms with E-state index >= 15 is 0 Å². The molecule has 23 heavy (non-hydrogen) atoms. The normalized spacial score (nSPS) is 27.0. The number of benzene rings is 2. The van der Waals surface area contributed by atoms with Gasteiger partial charge in [0.1, 0.15) is 0 Å². The highest BCUT2D eigenvalue weighted by molar-refractivity contribution is 7.92. The molecular formula is C16H15Cl2NO3S. The van der Waals surface area contributed by atoms with E-state index in [1.165, 1.54) is 24.3 Å². The second kappa shape index (κ2) is 5.76. The van der Waals surface area contributed by atoms with Gasteiger partial charge in [0.25, 0.3) is 0 Å². The zero-order valence-electron chi connectivity index (χ0n) is 12.0. The Morgan fingerprint density at radius 2 is 1.74 bits per heavy atom. The number of halogens is 2. The minimum absolute atomic E-state index is 0.139. The van der Waals surface area contributed by atoms with Crippen LogP contribution in [0.25, 0.3) is 0 Å². The summed E-state index contributed by atoms with van der Waals surface area (Å²) in [6, 6.07) is 12.8. The first kappa shape index (κ1) is 16.7. The zero-order chi connectivity index (χ0) is 16.8. The maximum atomic E-state index is 12.9. The standard InChI is InChI=1S/C16H15Cl2NO3S/c17-11-4-6-13(7-5-11)23(21,22)15-14(16(15,19)9-20)10-2-1-3-12(18)8-10/h1-8,14-15,20H,9,19H2/t14-,15-,16-/m1/s1. The Kier molecular flexibility index (Phi) is 4.19. The molecule has 0 heterocycles. The average molecular weight is 372 g/mol. The van der Waals surface area contributed by atoms with Crippen molar-refractivity contribution in [3.8, 4) is 0 Å². The molecule has 1 fully saturated rings. The van der Waals surface area contributed by atoms with Gasteiger partial charge in [0.2, 0.25) is 0 Å². The molecule has 2 aromatic rings. The summed E-state index contributed by atoms with van der Waals surface area (Å²) in [5, 5.41) is 9.69. The highest BCUT2D eigenvalue weighted by Gasteiger charge is 2.69. The predicted molar refractivity (Wildman–Crippen MR) is 90.6 cm³/mol. The molecule has 7 heteroatoms. The molecule has 0 spiro atoms. The molecule has 0 amide bonds. The Balaban J connectivity index is 2.03. The van der Waals surface area contributed by atoms with Gasteiger partial charge in [0.05, 0.1) is 22.3 Å². The first-order valence-corrected chi connectivity index (χ1v) is 9.25. The highest BCUT2D eigenvalue weighted by Crippen LogP contribution is 2.55. The molecular weight excluding hydrogens is 357 g/mol. The molecule has 3 N–H and O–H groups in total.